The standard InChI is InChI=1S/C39H58N2/c1-5-9-12-14-16-19-22-32-27-29-34(30-28-32)38-37(26-18-11-7-3)36(8-4)39(41(38)40)35-25-21-24-33(31-35)23-20-17-15-13-10-6-2/h21,24-25,27-31H,5-20,22-23,26H2,1-4H3. The highest BCUT2D eigenvalue weighted by Gasteiger charge is 2.34. The van der Waals surface area contributed by atoms with Gasteiger partial charge < -0.3 is 5.53 Å². The summed E-state index contributed by atoms with van der Waals surface area (Å²) in [6.07, 6.45) is 23.7. The van der Waals surface area contributed by atoms with Crippen molar-refractivity contribution in [1.82, 2.24) is 0 Å². The number of unbranched alkanes of at least 4 members (excludes halogenated alkanes) is 12. The van der Waals surface area contributed by atoms with Gasteiger partial charge in [-0.25, -0.2) is 4.70 Å². The number of hydrogen-bond acceptors (Lipinski definition) is 0. The van der Waals surface area contributed by atoms with Gasteiger partial charge in [-0.3, -0.25) is 0 Å². The fourth-order valence-corrected chi connectivity index (χ4v) is 6.37. The molecule has 2 aromatic rings. The largest absolute Gasteiger partial charge is 0.493 e. The van der Waals surface area contributed by atoms with Gasteiger partial charge in [0.25, 0.3) is 0 Å². The maximum Gasteiger partial charge on any atom is 0.211 e. The molecule has 1 aliphatic rings. The molecule has 0 spiro atoms. The Morgan fingerprint density at radius 3 is 1.61 bits per heavy atom. The molecule has 2 heteroatoms. The van der Waals surface area contributed by atoms with Crippen LogP contribution < -0.4 is 0 Å². The van der Waals surface area contributed by atoms with Crippen LogP contribution in [0.15, 0.2) is 59.7 Å². The average Bonchev–Trinajstić information content (AvgIpc) is 3.28. The molecule has 0 aromatic heterocycles. The van der Waals surface area contributed by atoms with Crippen LogP contribution in [0.25, 0.3) is 16.9 Å². The molecule has 0 aliphatic carbocycles. The molecule has 0 atom stereocenters. The Bertz CT molecular complexity index is 1120. The van der Waals surface area contributed by atoms with E-state index >= 15 is 0 Å². The minimum absolute atomic E-state index is 0.926. The predicted molar refractivity (Wildman–Crippen MR) is 179 cm³/mol. The Balaban J connectivity index is 1.78. The minimum Gasteiger partial charge on any atom is -0.493 e. The Morgan fingerprint density at radius 2 is 1.00 bits per heavy atom. The molecule has 0 amide bonds. The summed E-state index contributed by atoms with van der Waals surface area (Å²) >= 11 is 0. The summed E-state index contributed by atoms with van der Waals surface area (Å²) in [5.41, 5.74) is 21.5. The number of nitrogens with zero attached hydrogens (tertiary/aromatic N) is 2. The monoisotopic (exact) mass is 554 g/mol. The van der Waals surface area contributed by atoms with Crippen LogP contribution in [-0.2, 0) is 12.8 Å². The first kappa shape index (κ1) is 33.0. The van der Waals surface area contributed by atoms with E-state index in [1.54, 1.807) is 0 Å². The molecule has 3 rings (SSSR count). The second kappa shape index (κ2) is 18.9. The first-order valence-corrected chi connectivity index (χ1v) is 17.3. The number of hydrogen-bond donors (Lipinski definition) is 0. The lowest BCUT2D eigenvalue weighted by Crippen LogP contribution is -2.03. The van der Waals surface area contributed by atoms with Crippen molar-refractivity contribution in [2.75, 3.05) is 0 Å². The molecule has 2 nitrogen and oxygen atoms in total. The predicted octanol–water partition coefficient (Wildman–Crippen LogP) is 12.7. The lowest BCUT2D eigenvalue weighted by Gasteiger charge is -2.11. The smallest absolute Gasteiger partial charge is 0.211 e. The van der Waals surface area contributed by atoms with E-state index in [4.69, 9.17) is 0 Å². The molecular formula is C39H58N2. The topological polar surface area (TPSA) is 25.3 Å². The molecule has 224 valence electrons. The number of aryl methyl sites for hydroxylation is 2. The summed E-state index contributed by atoms with van der Waals surface area (Å²) in [5.74, 6) is 0. The van der Waals surface area contributed by atoms with Crippen molar-refractivity contribution in [3.05, 3.63) is 87.5 Å². The summed E-state index contributed by atoms with van der Waals surface area (Å²) in [5, 5.41) is 0. The Labute approximate surface area is 252 Å². The summed E-state index contributed by atoms with van der Waals surface area (Å²) < 4.78 is 1.53. The van der Waals surface area contributed by atoms with Gasteiger partial charge in [0.1, 0.15) is 0 Å². The van der Waals surface area contributed by atoms with Gasteiger partial charge in [-0.05, 0) is 80.3 Å². The van der Waals surface area contributed by atoms with Crippen molar-refractivity contribution in [2.45, 2.75) is 150 Å². The number of benzene rings is 2. The van der Waals surface area contributed by atoms with E-state index in [1.807, 2.05) is 0 Å². The lowest BCUT2D eigenvalue weighted by molar-refractivity contribution is -0.345. The molecule has 0 saturated carbocycles. The third kappa shape index (κ3) is 10.1. The maximum absolute atomic E-state index is 11.8. The van der Waals surface area contributed by atoms with Crippen molar-refractivity contribution in [3.63, 3.8) is 0 Å². The molecular weight excluding hydrogens is 496 g/mol. The molecule has 0 fully saturated rings. The Hall–Kier alpha value is -2.48. The first-order valence-electron chi connectivity index (χ1n) is 17.3. The first-order chi connectivity index (χ1) is 20.1. The summed E-state index contributed by atoms with van der Waals surface area (Å²) in [4.78, 5) is 0. The Morgan fingerprint density at radius 1 is 0.488 bits per heavy atom. The molecule has 0 radical (unpaired) electrons. The van der Waals surface area contributed by atoms with Gasteiger partial charge >= 0.3 is 0 Å². The van der Waals surface area contributed by atoms with E-state index in [1.165, 1.54) is 117 Å². The fraction of sp³-hybridized carbons (Fsp3) is 0.590. The van der Waals surface area contributed by atoms with Gasteiger partial charge in [-0.1, -0.05) is 129 Å². The van der Waals surface area contributed by atoms with Gasteiger partial charge in [0.05, 0.1) is 0 Å². The molecule has 2 aromatic carbocycles. The molecule has 0 unspecified atom stereocenters. The van der Waals surface area contributed by atoms with E-state index in [2.05, 4.69) is 76.2 Å². The molecule has 0 N–H and O–H groups in total. The summed E-state index contributed by atoms with van der Waals surface area (Å²) in [6.45, 7) is 9.07. The van der Waals surface area contributed by atoms with Crippen LogP contribution in [0.4, 0.5) is 0 Å². The lowest BCUT2D eigenvalue weighted by atomic mass is 9.93. The van der Waals surface area contributed by atoms with Crippen molar-refractivity contribution in [2.24, 2.45) is 0 Å². The number of rotatable bonds is 21. The highest BCUT2D eigenvalue weighted by molar-refractivity contribution is 5.82. The molecule has 41 heavy (non-hydrogen) atoms. The summed E-state index contributed by atoms with van der Waals surface area (Å²) in [6, 6.07) is 18.0. The summed E-state index contributed by atoms with van der Waals surface area (Å²) in [7, 11) is 0. The van der Waals surface area contributed by atoms with E-state index < -0.39 is 0 Å². The molecule has 0 bridgehead atoms. The second-order valence-electron chi connectivity index (χ2n) is 12.2. The quantitative estimate of drug-likeness (QED) is 0.108. The maximum atomic E-state index is 11.8. The van der Waals surface area contributed by atoms with Crippen LogP contribution in [0.3, 0.4) is 0 Å². The molecule has 1 aliphatic heterocycles. The van der Waals surface area contributed by atoms with Crippen molar-refractivity contribution < 1.29 is 4.70 Å². The van der Waals surface area contributed by atoms with E-state index in [9.17, 15) is 5.53 Å². The average molecular weight is 555 g/mol. The zero-order valence-corrected chi connectivity index (χ0v) is 26.9. The van der Waals surface area contributed by atoms with Crippen LogP contribution in [0.1, 0.15) is 159 Å². The zero-order chi connectivity index (χ0) is 29.3. The Kier molecular flexibility index (Phi) is 15.2. The normalized spacial score (nSPS) is 13.6. The van der Waals surface area contributed by atoms with Crippen molar-refractivity contribution in [3.8, 4) is 0 Å². The van der Waals surface area contributed by atoms with Gasteiger partial charge in [-0.15, -0.1) is 0 Å². The van der Waals surface area contributed by atoms with Gasteiger partial charge in [0.2, 0.25) is 11.4 Å². The third-order valence-corrected chi connectivity index (χ3v) is 8.81. The van der Waals surface area contributed by atoms with E-state index in [0.717, 1.165) is 54.6 Å². The SMILES string of the molecule is CCCCCCCCc1ccc(C2=C(CCCCC)C(CC)=C(c3cccc(CCCCCCCC)c3)[N+]2=[N-])cc1. The van der Waals surface area contributed by atoms with Crippen LogP contribution in [0.2, 0.25) is 0 Å². The van der Waals surface area contributed by atoms with Crippen LogP contribution in [0, 0.1) is 0 Å². The highest BCUT2D eigenvalue weighted by Crippen LogP contribution is 2.44. The van der Waals surface area contributed by atoms with Gasteiger partial charge in [0, 0.05) is 22.3 Å². The minimum atomic E-state index is 0.926. The second-order valence-corrected chi connectivity index (χ2v) is 12.2. The fourth-order valence-electron chi connectivity index (χ4n) is 6.37. The van der Waals surface area contributed by atoms with E-state index in [-0.39, 0.29) is 0 Å². The molecule has 0 saturated heterocycles. The van der Waals surface area contributed by atoms with Crippen LogP contribution in [0.5, 0.6) is 0 Å². The highest BCUT2D eigenvalue weighted by atomic mass is 15.2. The van der Waals surface area contributed by atoms with Crippen LogP contribution >= 0.6 is 0 Å². The van der Waals surface area contributed by atoms with Gasteiger partial charge in [0.15, 0.2) is 0 Å². The zero-order valence-electron chi connectivity index (χ0n) is 26.9. The number of allylic oxidation sites excluding steroid dienone is 2. The molecule has 1 heterocycles. The van der Waals surface area contributed by atoms with Crippen LogP contribution in [-0.4, -0.2) is 4.70 Å². The van der Waals surface area contributed by atoms with Crippen molar-refractivity contribution in [1.29, 1.82) is 0 Å². The third-order valence-electron chi connectivity index (χ3n) is 8.81. The van der Waals surface area contributed by atoms with Gasteiger partial charge in [-0.2, -0.15) is 0 Å². The van der Waals surface area contributed by atoms with E-state index in [0.29, 0.717) is 0 Å². The van der Waals surface area contributed by atoms with Crippen molar-refractivity contribution >= 4 is 11.4 Å².